The molecule has 2 aromatic carbocycles. The number of aromatic amines is 1. The Morgan fingerprint density at radius 1 is 1.21 bits per heavy atom. The summed E-state index contributed by atoms with van der Waals surface area (Å²) >= 11 is 0. The molecule has 0 spiro atoms. The van der Waals surface area contributed by atoms with E-state index in [1.54, 1.807) is 31.5 Å². The summed E-state index contributed by atoms with van der Waals surface area (Å²) < 4.78 is 33.1. The average Bonchev–Trinajstić information content (AvgIpc) is 3.20. The first-order valence-corrected chi connectivity index (χ1v) is 9.48. The van der Waals surface area contributed by atoms with E-state index in [0.717, 1.165) is 42.8 Å². The molecule has 1 aromatic heterocycles. The summed E-state index contributed by atoms with van der Waals surface area (Å²) in [5, 5.41) is 7.32. The zero-order valence-corrected chi connectivity index (χ0v) is 15.8. The van der Waals surface area contributed by atoms with Gasteiger partial charge in [0.25, 0.3) is 0 Å². The quantitative estimate of drug-likeness (QED) is 0.692. The van der Waals surface area contributed by atoms with Crippen LogP contribution in [0.4, 0.5) is 8.78 Å². The van der Waals surface area contributed by atoms with E-state index in [4.69, 9.17) is 4.74 Å². The van der Waals surface area contributed by atoms with Crippen LogP contribution in [0, 0.1) is 11.6 Å². The van der Waals surface area contributed by atoms with Gasteiger partial charge in [-0.05, 0) is 55.3 Å². The predicted octanol–water partition coefficient (Wildman–Crippen LogP) is 4.74. The molecule has 0 unspecified atom stereocenters. The summed E-state index contributed by atoms with van der Waals surface area (Å²) in [4.78, 5) is 2.25. The summed E-state index contributed by atoms with van der Waals surface area (Å²) in [6.45, 7) is 2.24. The van der Waals surface area contributed by atoms with E-state index in [-0.39, 0.29) is 17.6 Å². The lowest BCUT2D eigenvalue weighted by molar-refractivity contribution is 0.196. The lowest BCUT2D eigenvalue weighted by Gasteiger charge is -2.32. The van der Waals surface area contributed by atoms with Crippen LogP contribution in [0.3, 0.4) is 0 Å². The highest BCUT2D eigenvalue weighted by atomic mass is 19.1. The number of likely N-dealkylation sites (tertiary alicyclic amines) is 1. The second-order valence-corrected chi connectivity index (χ2v) is 7.24. The maximum Gasteiger partial charge on any atom is 0.127 e. The summed E-state index contributed by atoms with van der Waals surface area (Å²) in [6, 6.07) is 11.4. The van der Waals surface area contributed by atoms with Gasteiger partial charge in [-0.1, -0.05) is 12.1 Å². The molecule has 1 saturated heterocycles. The van der Waals surface area contributed by atoms with E-state index in [1.807, 2.05) is 6.07 Å². The van der Waals surface area contributed by atoms with Crippen LogP contribution in [0.25, 0.3) is 11.1 Å². The molecular formula is C22H23F2N3O. The van der Waals surface area contributed by atoms with Crippen LogP contribution < -0.4 is 4.74 Å². The number of benzene rings is 2. The molecule has 1 fully saturated rings. The Kier molecular flexibility index (Phi) is 5.39. The van der Waals surface area contributed by atoms with Crippen molar-refractivity contribution in [3.05, 3.63) is 71.6 Å². The van der Waals surface area contributed by atoms with Crippen molar-refractivity contribution in [2.45, 2.75) is 25.3 Å². The van der Waals surface area contributed by atoms with E-state index in [9.17, 15) is 8.78 Å². The van der Waals surface area contributed by atoms with Gasteiger partial charge in [0.05, 0.1) is 13.3 Å². The molecule has 28 heavy (non-hydrogen) atoms. The fourth-order valence-electron chi connectivity index (χ4n) is 3.97. The van der Waals surface area contributed by atoms with Gasteiger partial charge in [0.2, 0.25) is 0 Å². The number of hydrogen-bond donors (Lipinski definition) is 1. The number of methoxy groups -OCH3 is 1. The lowest BCUT2D eigenvalue weighted by Crippen LogP contribution is -2.34. The van der Waals surface area contributed by atoms with E-state index < -0.39 is 0 Å². The van der Waals surface area contributed by atoms with Gasteiger partial charge in [-0.25, -0.2) is 8.78 Å². The molecule has 0 radical (unpaired) electrons. The highest BCUT2D eigenvalue weighted by molar-refractivity contribution is 5.65. The largest absolute Gasteiger partial charge is 0.497 e. The van der Waals surface area contributed by atoms with Gasteiger partial charge < -0.3 is 4.74 Å². The molecular weight excluding hydrogens is 360 g/mol. The minimum Gasteiger partial charge on any atom is -0.497 e. The molecule has 1 aliphatic heterocycles. The number of rotatable bonds is 5. The average molecular weight is 383 g/mol. The first-order valence-electron chi connectivity index (χ1n) is 9.48. The molecule has 1 N–H and O–H groups in total. The van der Waals surface area contributed by atoms with Crippen molar-refractivity contribution in [1.82, 2.24) is 15.1 Å². The fourth-order valence-corrected chi connectivity index (χ4v) is 3.97. The van der Waals surface area contributed by atoms with E-state index in [2.05, 4.69) is 15.1 Å². The first-order chi connectivity index (χ1) is 13.6. The number of nitrogens with zero attached hydrogens (tertiary/aromatic N) is 2. The standard InChI is InChI=1S/C22H23F2N3O/c1-28-19-7-8-21(24)17(11-19)14-27-9-3-5-16(13-27)22-20(12-25-26-22)15-4-2-6-18(23)10-15/h2,4,6-8,10-12,16H,3,5,9,13-14H2,1H3,(H,25,26)/t16-/m0/s1. The Morgan fingerprint density at radius 2 is 2.11 bits per heavy atom. The van der Waals surface area contributed by atoms with Crippen molar-refractivity contribution in [2.75, 3.05) is 20.2 Å². The van der Waals surface area contributed by atoms with Crippen molar-refractivity contribution >= 4 is 0 Å². The van der Waals surface area contributed by atoms with Crippen molar-refractivity contribution in [1.29, 1.82) is 0 Å². The van der Waals surface area contributed by atoms with Gasteiger partial charge >= 0.3 is 0 Å². The Balaban J connectivity index is 1.53. The number of piperidine rings is 1. The van der Waals surface area contributed by atoms with Crippen LogP contribution in [0.5, 0.6) is 5.75 Å². The fraction of sp³-hybridized carbons (Fsp3) is 0.318. The van der Waals surface area contributed by atoms with E-state index in [1.165, 1.54) is 18.2 Å². The molecule has 0 aliphatic carbocycles. The second-order valence-electron chi connectivity index (χ2n) is 7.24. The maximum absolute atomic E-state index is 14.2. The molecule has 0 amide bonds. The summed E-state index contributed by atoms with van der Waals surface area (Å²) in [5.41, 5.74) is 3.40. The molecule has 4 rings (SSSR count). The Morgan fingerprint density at radius 3 is 2.93 bits per heavy atom. The highest BCUT2D eigenvalue weighted by Gasteiger charge is 2.26. The van der Waals surface area contributed by atoms with Gasteiger partial charge in [-0.15, -0.1) is 0 Å². The number of halogens is 2. The van der Waals surface area contributed by atoms with Crippen LogP contribution in [-0.4, -0.2) is 35.3 Å². The third kappa shape index (κ3) is 3.92. The molecule has 1 aliphatic rings. The van der Waals surface area contributed by atoms with Crippen LogP contribution in [0.15, 0.2) is 48.7 Å². The molecule has 6 heteroatoms. The van der Waals surface area contributed by atoms with Crippen LogP contribution >= 0.6 is 0 Å². The number of H-pyrrole nitrogens is 1. The molecule has 4 nitrogen and oxygen atoms in total. The van der Waals surface area contributed by atoms with Crippen molar-refractivity contribution < 1.29 is 13.5 Å². The van der Waals surface area contributed by atoms with Crippen molar-refractivity contribution in [3.63, 3.8) is 0 Å². The topological polar surface area (TPSA) is 41.1 Å². The SMILES string of the molecule is COc1ccc(F)c(CN2CCC[C@H](c3[nH]ncc3-c3cccc(F)c3)C2)c1. The minimum atomic E-state index is -0.261. The smallest absolute Gasteiger partial charge is 0.127 e. The van der Waals surface area contributed by atoms with E-state index >= 15 is 0 Å². The Hall–Kier alpha value is -2.73. The van der Waals surface area contributed by atoms with Crippen molar-refractivity contribution in [3.8, 4) is 16.9 Å². The maximum atomic E-state index is 14.2. The zero-order valence-electron chi connectivity index (χ0n) is 15.8. The molecule has 146 valence electrons. The van der Waals surface area contributed by atoms with Crippen LogP contribution in [0.1, 0.15) is 30.0 Å². The predicted molar refractivity (Wildman–Crippen MR) is 104 cm³/mol. The molecule has 0 bridgehead atoms. The van der Waals surface area contributed by atoms with Gasteiger partial charge in [0.1, 0.15) is 17.4 Å². The van der Waals surface area contributed by atoms with Crippen molar-refractivity contribution in [2.24, 2.45) is 0 Å². The molecule has 2 heterocycles. The first kappa shape index (κ1) is 18.6. The monoisotopic (exact) mass is 383 g/mol. The van der Waals surface area contributed by atoms with Gasteiger partial charge in [-0.3, -0.25) is 10.00 Å². The number of nitrogens with one attached hydrogen (secondary N) is 1. The molecule has 3 aromatic rings. The molecule has 1 atom stereocenters. The summed E-state index contributed by atoms with van der Waals surface area (Å²) in [7, 11) is 1.58. The van der Waals surface area contributed by atoms with Crippen LogP contribution in [-0.2, 0) is 6.54 Å². The van der Waals surface area contributed by atoms with Gasteiger partial charge in [0, 0.05) is 35.8 Å². The normalized spacial score (nSPS) is 17.6. The third-order valence-corrected chi connectivity index (χ3v) is 5.37. The minimum absolute atomic E-state index is 0.218. The van der Waals surface area contributed by atoms with Crippen LogP contribution in [0.2, 0.25) is 0 Å². The zero-order chi connectivity index (χ0) is 19.5. The number of hydrogen-bond acceptors (Lipinski definition) is 3. The lowest BCUT2D eigenvalue weighted by atomic mass is 9.90. The number of ether oxygens (including phenoxy) is 1. The second kappa shape index (κ2) is 8.10. The van der Waals surface area contributed by atoms with Gasteiger partial charge in [-0.2, -0.15) is 5.10 Å². The number of aromatic nitrogens is 2. The third-order valence-electron chi connectivity index (χ3n) is 5.37. The highest BCUT2D eigenvalue weighted by Crippen LogP contribution is 2.34. The Bertz CT molecular complexity index is 956. The van der Waals surface area contributed by atoms with E-state index in [0.29, 0.717) is 17.9 Å². The Labute approximate surface area is 163 Å². The summed E-state index contributed by atoms with van der Waals surface area (Å²) in [5.74, 6) is 0.420. The molecule has 0 saturated carbocycles. The van der Waals surface area contributed by atoms with Gasteiger partial charge in [0.15, 0.2) is 0 Å². The summed E-state index contributed by atoms with van der Waals surface area (Å²) in [6.07, 6.45) is 3.78.